The summed E-state index contributed by atoms with van der Waals surface area (Å²) in [7, 11) is 0. The summed E-state index contributed by atoms with van der Waals surface area (Å²) < 4.78 is 1.74. The second kappa shape index (κ2) is 7.45. The zero-order valence-electron chi connectivity index (χ0n) is 11.3. The van der Waals surface area contributed by atoms with Crippen LogP contribution < -0.4 is 10.9 Å². The Morgan fingerprint density at radius 2 is 2.32 bits per heavy atom. The highest BCUT2D eigenvalue weighted by Crippen LogP contribution is 2.19. The van der Waals surface area contributed by atoms with Gasteiger partial charge in [-0.3, -0.25) is 4.79 Å². The lowest BCUT2D eigenvalue weighted by Gasteiger charge is -2.20. The monoisotopic (exact) mass is 329 g/mol. The predicted molar refractivity (Wildman–Crippen MR) is 80.3 cm³/mol. The van der Waals surface area contributed by atoms with Crippen molar-refractivity contribution in [2.75, 3.05) is 11.9 Å². The van der Waals surface area contributed by atoms with Crippen LogP contribution in [0.3, 0.4) is 0 Å². The number of rotatable bonds is 7. The van der Waals surface area contributed by atoms with Crippen molar-refractivity contribution in [1.29, 1.82) is 0 Å². The normalized spacial score (nSPS) is 12.5. The largest absolute Gasteiger partial charge is 0.394 e. The van der Waals surface area contributed by atoms with Crippen molar-refractivity contribution in [3.8, 4) is 0 Å². The van der Waals surface area contributed by atoms with Gasteiger partial charge in [0.05, 0.1) is 25.0 Å². The summed E-state index contributed by atoms with van der Waals surface area (Å²) in [5.74, 6) is 0.456. The van der Waals surface area contributed by atoms with E-state index in [0.29, 0.717) is 22.6 Å². The van der Waals surface area contributed by atoms with E-state index in [1.54, 1.807) is 12.3 Å². The number of aliphatic hydroxyl groups is 1. The van der Waals surface area contributed by atoms with Crippen molar-refractivity contribution in [2.45, 2.75) is 32.9 Å². The molecule has 0 spiro atoms. The molecule has 2 N–H and O–H groups in total. The number of nitrogens with zero attached hydrogens (tertiary/aromatic N) is 2. The summed E-state index contributed by atoms with van der Waals surface area (Å²) >= 11 is 3.27. The molecule has 0 fully saturated rings. The minimum atomic E-state index is -0.217. The van der Waals surface area contributed by atoms with Crippen molar-refractivity contribution in [3.05, 3.63) is 33.7 Å². The third-order valence-corrected chi connectivity index (χ3v) is 3.39. The maximum absolute atomic E-state index is 12.0. The molecule has 0 bridgehead atoms. The van der Waals surface area contributed by atoms with Crippen LogP contribution in [-0.2, 0) is 6.54 Å². The molecule has 6 heteroatoms. The van der Waals surface area contributed by atoms with E-state index in [0.717, 1.165) is 6.42 Å². The highest BCUT2D eigenvalue weighted by atomic mass is 79.9. The quantitative estimate of drug-likeness (QED) is 0.751. The van der Waals surface area contributed by atoms with Gasteiger partial charge >= 0.3 is 0 Å². The van der Waals surface area contributed by atoms with Crippen LogP contribution in [0.4, 0.5) is 5.69 Å². The fourth-order valence-corrected chi connectivity index (χ4v) is 2.21. The van der Waals surface area contributed by atoms with E-state index in [9.17, 15) is 9.90 Å². The molecular formula is C13H20BrN3O2. The van der Waals surface area contributed by atoms with Gasteiger partial charge in [-0.2, -0.15) is 5.10 Å². The summed E-state index contributed by atoms with van der Waals surface area (Å²) in [5.41, 5.74) is 0.385. The fourth-order valence-electron chi connectivity index (χ4n) is 1.79. The van der Waals surface area contributed by atoms with E-state index in [2.05, 4.69) is 46.8 Å². The third kappa shape index (κ3) is 4.47. The van der Waals surface area contributed by atoms with Crippen LogP contribution in [0.25, 0.3) is 0 Å². The molecule has 0 aliphatic carbocycles. The summed E-state index contributed by atoms with van der Waals surface area (Å²) in [5, 5.41) is 16.5. The lowest BCUT2D eigenvalue weighted by Crippen LogP contribution is -2.29. The van der Waals surface area contributed by atoms with E-state index in [1.807, 2.05) is 0 Å². The first-order chi connectivity index (χ1) is 8.99. The number of aromatic nitrogens is 2. The highest BCUT2D eigenvalue weighted by molar-refractivity contribution is 9.10. The Balaban J connectivity index is 2.92. The number of hydrogen-bond donors (Lipinski definition) is 2. The lowest BCUT2D eigenvalue weighted by molar-refractivity contribution is 0.259. The lowest BCUT2D eigenvalue weighted by atomic mass is 10.0. The van der Waals surface area contributed by atoms with E-state index < -0.39 is 0 Å². The first-order valence-corrected chi connectivity index (χ1v) is 7.02. The molecule has 0 aliphatic heterocycles. The van der Waals surface area contributed by atoms with E-state index >= 15 is 0 Å². The Labute approximate surface area is 121 Å². The number of aliphatic hydroxyl groups excluding tert-OH is 1. The predicted octanol–water partition coefficient (Wildman–Crippen LogP) is 2.01. The molecule has 1 aromatic rings. The molecule has 0 saturated carbocycles. The van der Waals surface area contributed by atoms with E-state index in [4.69, 9.17) is 0 Å². The molecular weight excluding hydrogens is 310 g/mol. The SMILES string of the molecule is C=CCn1ncc(NC(CO)CC(C)C)c(Br)c1=O. The molecule has 5 nitrogen and oxygen atoms in total. The minimum absolute atomic E-state index is 0.0142. The Morgan fingerprint density at radius 1 is 1.63 bits per heavy atom. The molecule has 1 aromatic heterocycles. The van der Waals surface area contributed by atoms with Crippen LogP contribution in [0.1, 0.15) is 20.3 Å². The number of anilines is 1. The number of hydrogen-bond acceptors (Lipinski definition) is 4. The van der Waals surface area contributed by atoms with E-state index in [-0.39, 0.29) is 18.2 Å². The van der Waals surface area contributed by atoms with Gasteiger partial charge in [-0.25, -0.2) is 4.68 Å². The highest BCUT2D eigenvalue weighted by Gasteiger charge is 2.14. The van der Waals surface area contributed by atoms with Crippen molar-refractivity contribution < 1.29 is 5.11 Å². The van der Waals surface area contributed by atoms with Crippen molar-refractivity contribution >= 4 is 21.6 Å². The van der Waals surface area contributed by atoms with Crippen LogP contribution in [0, 0.1) is 5.92 Å². The molecule has 1 unspecified atom stereocenters. The van der Waals surface area contributed by atoms with Crippen molar-refractivity contribution in [2.24, 2.45) is 5.92 Å². The third-order valence-electron chi connectivity index (χ3n) is 2.62. The Hall–Kier alpha value is -1.14. The molecule has 0 amide bonds. The van der Waals surface area contributed by atoms with Gasteiger partial charge < -0.3 is 10.4 Å². The summed E-state index contributed by atoms with van der Waals surface area (Å²) in [6, 6.07) is -0.0900. The van der Waals surface area contributed by atoms with Crippen LogP contribution in [0.2, 0.25) is 0 Å². The van der Waals surface area contributed by atoms with Crippen LogP contribution in [-0.4, -0.2) is 27.5 Å². The summed E-state index contributed by atoms with van der Waals surface area (Å²) in [4.78, 5) is 12.0. The standard InChI is InChI=1S/C13H20BrN3O2/c1-4-5-17-13(19)12(14)11(7-15-17)16-10(8-18)6-9(2)3/h4,7,9-10,16,18H,1,5-6,8H2,2-3H3. The number of halogens is 1. The second-order valence-electron chi connectivity index (χ2n) is 4.80. The molecule has 0 saturated heterocycles. The molecule has 1 rings (SSSR count). The topological polar surface area (TPSA) is 67.2 Å². The van der Waals surface area contributed by atoms with Crippen LogP contribution in [0.5, 0.6) is 0 Å². The number of nitrogens with one attached hydrogen (secondary N) is 1. The van der Waals surface area contributed by atoms with Gasteiger partial charge in [0.25, 0.3) is 5.56 Å². The number of allylic oxidation sites excluding steroid dienone is 1. The molecule has 1 atom stereocenters. The van der Waals surface area contributed by atoms with Crippen molar-refractivity contribution in [1.82, 2.24) is 9.78 Å². The van der Waals surface area contributed by atoms with Crippen LogP contribution >= 0.6 is 15.9 Å². The van der Waals surface area contributed by atoms with Gasteiger partial charge in [-0.05, 0) is 28.3 Å². The zero-order chi connectivity index (χ0) is 14.4. The molecule has 1 heterocycles. The molecule has 0 aromatic carbocycles. The maximum atomic E-state index is 12.0. The molecule has 19 heavy (non-hydrogen) atoms. The summed E-state index contributed by atoms with van der Waals surface area (Å²) in [6.07, 6.45) is 4.01. The Bertz CT molecular complexity index is 485. The molecule has 106 valence electrons. The van der Waals surface area contributed by atoms with Gasteiger partial charge in [0.15, 0.2) is 0 Å². The van der Waals surface area contributed by atoms with Gasteiger partial charge in [0.2, 0.25) is 0 Å². The van der Waals surface area contributed by atoms with Gasteiger partial charge in [0, 0.05) is 6.04 Å². The van der Waals surface area contributed by atoms with E-state index in [1.165, 1.54) is 4.68 Å². The fraction of sp³-hybridized carbons (Fsp3) is 0.538. The summed E-state index contributed by atoms with van der Waals surface area (Å²) in [6.45, 7) is 8.13. The average molecular weight is 330 g/mol. The molecule has 0 aliphatic rings. The smallest absolute Gasteiger partial charge is 0.283 e. The van der Waals surface area contributed by atoms with Gasteiger partial charge in [0.1, 0.15) is 4.47 Å². The van der Waals surface area contributed by atoms with Gasteiger partial charge in [-0.1, -0.05) is 19.9 Å². The van der Waals surface area contributed by atoms with Crippen LogP contribution in [0.15, 0.2) is 28.1 Å². The first kappa shape index (κ1) is 15.9. The van der Waals surface area contributed by atoms with Gasteiger partial charge in [-0.15, -0.1) is 6.58 Å². The Morgan fingerprint density at radius 3 is 2.84 bits per heavy atom. The zero-order valence-corrected chi connectivity index (χ0v) is 12.9. The maximum Gasteiger partial charge on any atom is 0.283 e. The first-order valence-electron chi connectivity index (χ1n) is 6.23. The second-order valence-corrected chi connectivity index (χ2v) is 5.59. The Kier molecular flexibility index (Phi) is 6.24. The average Bonchev–Trinajstić information content (AvgIpc) is 2.37. The minimum Gasteiger partial charge on any atom is -0.394 e. The van der Waals surface area contributed by atoms with Crippen molar-refractivity contribution in [3.63, 3.8) is 0 Å². The molecule has 0 radical (unpaired) electrons.